The van der Waals surface area contributed by atoms with Gasteiger partial charge in [0.1, 0.15) is 0 Å². The number of hydrogen-bond donors (Lipinski definition) is 2. The van der Waals surface area contributed by atoms with Crippen molar-refractivity contribution in [3.8, 4) is 0 Å². The second-order valence-corrected chi connectivity index (χ2v) is 5.32. The Morgan fingerprint density at radius 3 is 2.71 bits per heavy atom. The van der Waals surface area contributed by atoms with Crippen LogP contribution >= 0.6 is 0 Å². The van der Waals surface area contributed by atoms with Gasteiger partial charge in [0, 0.05) is 17.9 Å². The number of ether oxygens (including phenoxy) is 1. The van der Waals surface area contributed by atoms with Gasteiger partial charge < -0.3 is 15.8 Å². The fraction of sp³-hybridized carbons (Fsp3) is 0.588. The van der Waals surface area contributed by atoms with Crippen LogP contribution in [0.5, 0.6) is 0 Å². The number of unbranched alkanes of at least 4 members (excludes halogenated alkanes) is 1. The highest BCUT2D eigenvalue weighted by Crippen LogP contribution is 2.20. The first-order valence-electron chi connectivity index (χ1n) is 7.92. The molecule has 0 bridgehead atoms. The zero-order valence-corrected chi connectivity index (χ0v) is 13.4. The second kappa shape index (κ2) is 9.27. The molecule has 0 aliphatic heterocycles. The maximum Gasteiger partial charge on any atom is 0.340 e. The van der Waals surface area contributed by atoms with Crippen molar-refractivity contribution in [2.45, 2.75) is 46.5 Å². The first-order chi connectivity index (χ1) is 10.1. The van der Waals surface area contributed by atoms with Crippen LogP contribution in [-0.4, -0.2) is 19.1 Å². The average Bonchev–Trinajstić information content (AvgIpc) is 2.49. The summed E-state index contributed by atoms with van der Waals surface area (Å²) in [6, 6.07) is 5.44. The van der Waals surface area contributed by atoms with Gasteiger partial charge in [0.05, 0.1) is 12.2 Å². The largest absolute Gasteiger partial charge is 0.462 e. The molecular weight excluding hydrogens is 264 g/mol. The lowest BCUT2D eigenvalue weighted by atomic mass is 9.99. The van der Waals surface area contributed by atoms with E-state index in [1.807, 2.05) is 6.07 Å². The molecule has 0 spiro atoms. The molecule has 1 aromatic rings. The second-order valence-electron chi connectivity index (χ2n) is 5.32. The van der Waals surface area contributed by atoms with Crippen molar-refractivity contribution in [2.24, 2.45) is 5.92 Å². The molecule has 4 nitrogen and oxygen atoms in total. The van der Waals surface area contributed by atoms with Gasteiger partial charge in [-0.25, -0.2) is 4.79 Å². The molecule has 118 valence electrons. The van der Waals surface area contributed by atoms with Crippen molar-refractivity contribution in [2.75, 3.05) is 24.2 Å². The third-order valence-corrected chi connectivity index (χ3v) is 3.69. The Bertz CT molecular complexity index is 446. The summed E-state index contributed by atoms with van der Waals surface area (Å²) in [6.07, 6.45) is 4.88. The quantitative estimate of drug-likeness (QED) is 0.532. The molecule has 0 radical (unpaired) electrons. The van der Waals surface area contributed by atoms with E-state index in [0.29, 0.717) is 23.8 Å². The molecule has 0 fully saturated rings. The van der Waals surface area contributed by atoms with Crippen molar-refractivity contribution < 1.29 is 9.53 Å². The molecule has 4 heteroatoms. The average molecular weight is 292 g/mol. The number of benzene rings is 1. The van der Waals surface area contributed by atoms with Gasteiger partial charge >= 0.3 is 5.97 Å². The summed E-state index contributed by atoms with van der Waals surface area (Å²) >= 11 is 0. The standard InChI is InChI=1S/C17H28N2O2/c1-4-7-8-13(5-2)12-19-14-9-10-16(18)15(11-14)17(20)21-6-3/h9-11,13,19H,4-8,12,18H2,1-3H3. The molecule has 1 rings (SSSR count). The normalized spacial score (nSPS) is 12.0. The number of carbonyl (C=O) groups excluding carboxylic acids is 1. The Labute approximate surface area is 128 Å². The molecule has 21 heavy (non-hydrogen) atoms. The Morgan fingerprint density at radius 1 is 1.33 bits per heavy atom. The van der Waals surface area contributed by atoms with Crippen LogP contribution < -0.4 is 11.1 Å². The fourth-order valence-corrected chi connectivity index (χ4v) is 2.26. The predicted octanol–water partition coefficient (Wildman–Crippen LogP) is 4.07. The van der Waals surface area contributed by atoms with Crippen LogP contribution in [0, 0.1) is 5.92 Å². The van der Waals surface area contributed by atoms with Gasteiger partial charge in [0.15, 0.2) is 0 Å². The molecule has 1 atom stereocenters. The van der Waals surface area contributed by atoms with E-state index < -0.39 is 0 Å². The number of hydrogen-bond acceptors (Lipinski definition) is 4. The van der Waals surface area contributed by atoms with Crippen molar-refractivity contribution in [3.63, 3.8) is 0 Å². The van der Waals surface area contributed by atoms with Crippen LogP contribution in [-0.2, 0) is 4.74 Å². The molecular formula is C17H28N2O2. The van der Waals surface area contributed by atoms with E-state index in [0.717, 1.165) is 18.7 Å². The van der Waals surface area contributed by atoms with E-state index >= 15 is 0 Å². The molecule has 1 aromatic carbocycles. The zero-order chi connectivity index (χ0) is 15.7. The minimum atomic E-state index is -0.364. The van der Waals surface area contributed by atoms with Crippen LogP contribution in [0.2, 0.25) is 0 Å². The van der Waals surface area contributed by atoms with Gasteiger partial charge in [0.2, 0.25) is 0 Å². The molecule has 0 saturated heterocycles. The first kappa shape index (κ1) is 17.3. The maximum atomic E-state index is 11.8. The first-order valence-corrected chi connectivity index (χ1v) is 7.92. The summed E-state index contributed by atoms with van der Waals surface area (Å²) < 4.78 is 5.02. The molecule has 0 aromatic heterocycles. The molecule has 0 heterocycles. The van der Waals surface area contributed by atoms with Crippen LogP contribution in [0.1, 0.15) is 56.8 Å². The van der Waals surface area contributed by atoms with Gasteiger partial charge in [-0.15, -0.1) is 0 Å². The van der Waals surface area contributed by atoms with Gasteiger partial charge in [0.25, 0.3) is 0 Å². The van der Waals surface area contributed by atoms with Gasteiger partial charge in [-0.05, 0) is 37.5 Å². The molecule has 3 N–H and O–H groups in total. The number of nitrogens with one attached hydrogen (secondary N) is 1. The highest BCUT2D eigenvalue weighted by Gasteiger charge is 2.12. The molecule has 0 aliphatic carbocycles. The Hall–Kier alpha value is -1.71. The lowest BCUT2D eigenvalue weighted by molar-refractivity contribution is 0.0527. The predicted molar refractivity (Wildman–Crippen MR) is 88.6 cm³/mol. The highest BCUT2D eigenvalue weighted by molar-refractivity contribution is 5.96. The summed E-state index contributed by atoms with van der Waals surface area (Å²) in [5.41, 5.74) is 7.65. The SMILES string of the molecule is CCCCC(CC)CNc1ccc(N)c(C(=O)OCC)c1. The number of rotatable bonds is 9. The van der Waals surface area contributed by atoms with Crippen molar-refractivity contribution in [3.05, 3.63) is 23.8 Å². The Balaban J connectivity index is 2.67. The van der Waals surface area contributed by atoms with Crippen LogP contribution in [0.25, 0.3) is 0 Å². The molecule has 1 unspecified atom stereocenters. The number of nitrogen functional groups attached to an aromatic ring is 1. The van der Waals surface area contributed by atoms with E-state index in [-0.39, 0.29) is 5.97 Å². The van der Waals surface area contributed by atoms with E-state index in [4.69, 9.17) is 10.5 Å². The molecule has 0 aliphatic rings. The fourth-order valence-electron chi connectivity index (χ4n) is 2.26. The lowest BCUT2D eigenvalue weighted by Gasteiger charge is -2.17. The van der Waals surface area contributed by atoms with E-state index in [2.05, 4.69) is 19.2 Å². The minimum absolute atomic E-state index is 0.352. The van der Waals surface area contributed by atoms with Gasteiger partial charge in [-0.3, -0.25) is 0 Å². The zero-order valence-electron chi connectivity index (χ0n) is 13.4. The minimum Gasteiger partial charge on any atom is -0.462 e. The van der Waals surface area contributed by atoms with E-state index in [9.17, 15) is 4.79 Å². The summed E-state index contributed by atoms with van der Waals surface area (Å²) in [4.78, 5) is 11.8. The van der Waals surface area contributed by atoms with Crippen LogP contribution in [0.3, 0.4) is 0 Å². The summed E-state index contributed by atoms with van der Waals surface area (Å²) in [5.74, 6) is 0.297. The topological polar surface area (TPSA) is 64.3 Å². The van der Waals surface area contributed by atoms with Gasteiger partial charge in [-0.2, -0.15) is 0 Å². The van der Waals surface area contributed by atoms with E-state index in [1.165, 1.54) is 19.3 Å². The summed E-state index contributed by atoms with van der Waals surface area (Å²) in [5, 5.41) is 3.41. The number of nitrogens with two attached hydrogens (primary N) is 1. The van der Waals surface area contributed by atoms with Crippen molar-refractivity contribution in [1.29, 1.82) is 0 Å². The summed E-state index contributed by atoms with van der Waals surface area (Å²) in [7, 11) is 0. The Morgan fingerprint density at radius 2 is 2.10 bits per heavy atom. The monoisotopic (exact) mass is 292 g/mol. The molecule has 0 saturated carbocycles. The van der Waals surface area contributed by atoms with Crippen LogP contribution in [0.4, 0.5) is 11.4 Å². The van der Waals surface area contributed by atoms with Crippen molar-refractivity contribution in [1.82, 2.24) is 0 Å². The van der Waals surface area contributed by atoms with Gasteiger partial charge in [-0.1, -0.05) is 33.1 Å². The lowest BCUT2D eigenvalue weighted by Crippen LogP contribution is -2.14. The van der Waals surface area contributed by atoms with Crippen LogP contribution in [0.15, 0.2) is 18.2 Å². The third-order valence-electron chi connectivity index (χ3n) is 3.69. The number of esters is 1. The number of anilines is 2. The highest BCUT2D eigenvalue weighted by atomic mass is 16.5. The smallest absolute Gasteiger partial charge is 0.340 e. The van der Waals surface area contributed by atoms with Crippen molar-refractivity contribution >= 4 is 17.3 Å². The maximum absolute atomic E-state index is 11.8. The third kappa shape index (κ3) is 5.66. The molecule has 0 amide bonds. The Kier molecular flexibility index (Phi) is 7.65. The van der Waals surface area contributed by atoms with E-state index in [1.54, 1.807) is 19.1 Å². The number of carbonyl (C=O) groups is 1. The summed E-state index contributed by atoms with van der Waals surface area (Å²) in [6.45, 7) is 7.49.